The van der Waals surface area contributed by atoms with Gasteiger partial charge in [-0.25, -0.2) is 0 Å². The maximum Gasteiger partial charge on any atom is 0.0495 e. The summed E-state index contributed by atoms with van der Waals surface area (Å²) in [6.07, 6.45) is 0. The lowest BCUT2D eigenvalue weighted by molar-refractivity contribution is 0.682. The smallest absolute Gasteiger partial charge is 0.0495 e. The van der Waals surface area contributed by atoms with Crippen LogP contribution in [0.25, 0.3) is 10.8 Å². The molecular weight excluding hydrogens is 264 g/mol. The summed E-state index contributed by atoms with van der Waals surface area (Å²) in [6.45, 7) is 0. The van der Waals surface area contributed by atoms with Crippen molar-refractivity contribution in [2.45, 2.75) is 11.5 Å². The minimum absolute atomic E-state index is 0.607. The fraction of sp³-hybridized carbons (Fsp3) is 0.111. The molecule has 1 nitrogen and oxygen atoms in total. The largest absolute Gasteiger partial charge is 0.259 e. The Kier molecular flexibility index (Phi) is 3.93. The Hall–Kier alpha value is -1.93. The third-order valence-electron chi connectivity index (χ3n) is 3.37. The van der Waals surface area contributed by atoms with Crippen molar-refractivity contribution >= 4 is 21.6 Å². The maximum atomic E-state index is 12.3. The van der Waals surface area contributed by atoms with Crippen molar-refractivity contribution in [3.05, 3.63) is 83.9 Å². The summed E-state index contributed by atoms with van der Waals surface area (Å²) in [5.74, 6) is 1.22. The van der Waals surface area contributed by atoms with Crippen LogP contribution in [-0.2, 0) is 22.3 Å². The van der Waals surface area contributed by atoms with Gasteiger partial charge in [0.05, 0.1) is 0 Å². The van der Waals surface area contributed by atoms with Gasteiger partial charge >= 0.3 is 0 Å². The lowest BCUT2D eigenvalue weighted by Gasteiger charge is -2.07. The van der Waals surface area contributed by atoms with Gasteiger partial charge in [-0.3, -0.25) is 4.21 Å². The van der Waals surface area contributed by atoms with Crippen molar-refractivity contribution < 1.29 is 4.21 Å². The van der Waals surface area contributed by atoms with Crippen molar-refractivity contribution in [3.63, 3.8) is 0 Å². The third-order valence-corrected chi connectivity index (χ3v) is 4.66. The molecule has 0 amide bonds. The standard InChI is InChI=1S/C18H16OS/c19-20(13-15-7-2-1-3-8-15)14-17-11-6-10-16-9-4-5-12-18(16)17/h1-12H,13-14H2. The average molecular weight is 280 g/mol. The molecule has 1 atom stereocenters. The van der Waals surface area contributed by atoms with E-state index in [1.807, 2.05) is 48.5 Å². The average Bonchev–Trinajstić information content (AvgIpc) is 2.48. The molecule has 0 N–H and O–H groups in total. The summed E-state index contributed by atoms with van der Waals surface area (Å²) >= 11 is 0. The van der Waals surface area contributed by atoms with E-state index in [1.54, 1.807) is 0 Å². The number of rotatable bonds is 4. The first kappa shape index (κ1) is 13.1. The summed E-state index contributed by atoms with van der Waals surface area (Å²) in [6, 6.07) is 24.5. The van der Waals surface area contributed by atoms with Gasteiger partial charge in [0.2, 0.25) is 0 Å². The molecule has 0 aliphatic heterocycles. The highest BCUT2D eigenvalue weighted by Gasteiger charge is 2.06. The van der Waals surface area contributed by atoms with Gasteiger partial charge in [0.15, 0.2) is 0 Å². The van der Waals surface area contributed by atoms with Gasteiger partial charge < -0.3 is 0 Å². The molecule has 0 saturated heterocycles. The molecule has 0 spiro atoms. The monoisotopic (exact) mass is 280 g/mol. The quantitative estimate of drug-likeness (QED) is 0.697. The van der Waals surface area contributed by atoms with Crippen LogP contribution < -0.4 is 0 Å². The Balaban J connectivity index is 1.81. The summed E-state index contributed by atoms with van der Waals surface area (Å²) in [4.78, 5) is 0. The highest BCUT2D eigenvalue weighted by molar-refractivity contribution is 7.83. The van der Waals surface area contributed by atoms with E-state index in [4.69, 9.17) is 0 Å². The zero-order valence-electron chi connectivity index (χ0n) is 11.2. The topological polar surface area (TPSA) is 17.1 Å². The molecular formula is C18H16OS. The lowest BCUT2D eigenvalue weighted by Crippen LogP contribution is -2.00. The minimum atomic E-state index is -0.878. The predicted molar refractivity (Wildman–Crippen MR) is 85.9 cm³/mol. The number of hydrogen-bond donors (Lipinski definition) is 0. The molecule has 3 aromatic carbocycles. The van der Waals surface area contributed by atoms with Gasteiger partial charge in [0, 0.05) is 22.3 Å². The van der Waals surface area contributed by atoms with Gasteiger partial charge in [-0.05, 0) is 21.9 Å². The molecule has 3 rings (SSSR count). The van der Waals surface area contributed by atoms with E-state index in [0.717, 1.165) is 11.1 Å². The Morgan fingerprint density at radius 3 is 2.25 bits per heavy atom. The van der Waals surface area contributed by atoms with E-state index in [-0.39, 0.29) is 0 Å². The Morgan fingerprint density at radius 2 is 1.40 bits per heavy atom. The van der Waals surface area contributed by atoms with Crippen LogP contribution in [0.3, 0.4) is 0 Å². The van der Waals surface area contributed by atoms with Crippen LogP contribution in [-0.4, -0.2) is 4.21 Å². The molecule has 20 heavy (non-hydrogen) atoms. The first-order chi connectivity index (χ1) is 9.83. The molecule has 100 valence electrons. The second-order valence-electron chi connectivity index (χ2n) is 4.85. The van der Waals surface area contributed by atoms with Crippen LogP contribution >= 0.6 is 0 Å². The van der Waals surface area contributed by atoms with Crippen LogP contribution in [0.2, 0.25) is 0 Å². The molecule has 0 radical (unpaired) electrons. The molecule has 0 fully saturated rings. The summed E-state index contributed by atoms with van der Waals surface area (Å²) < 4.78 is 12.3. The van der Waals surface area contributed by atoms with E-state index in [1.165, 1.54) is 10.8 Å². The fourth-order valence-corrected chi connectivity index (χ4v) is 3.67. The summed E-state index contributed by atoms with van der Waals surface area (Å²) in [5, 5.41) is 2.41. The first-order valence-corrected chi connectivity index (χ1v) is 8.17. The Labute approximate surface area is 121 Å². The Bertz CT molecular complexity index is 729. The molecule has 0 heterocycles. The van der Waals surface area contributed by atoms with E-state index in [2.05, 4.69) is 24.3 Å². The van der Waals surface area contributed by atoms with E-state index < -0.39 is 10.8 Å². The number of hydrogen-bond acceptors (Lipinski definition) is 1. The normalized spacial score (nSPS) is 12.4. The van der Waals surface area contributed by atoms with Crippen LogP contribution in [0.4, 0.5) is 0 Å². The fourth-order valence-electron chi connectivity index (χ4n) is 2.40. The van der Waals surface area contributed by atoms with Gasteiger partial charge in [-0.1, -0.05) is 72.8 Å². The molecule has 1 unspecified atom stereocenters. The van der Waals surface area contributed by atoms with Crippen molar-refractivity contribution in [2.24, 2.45) is 0 Å². The molecule has 3 aromatic rings. The van der Waals surface area contributed by atoms with Crippen molar-refractivity contribution in [2.75, 3.05) is 0 Å². The summed E-state index contributed by atoms with van der Waals surface area (Å²) in [5.41, 5.74) is 2.29. The van der Waals surface area contributed by atoms with Crippen molar-refractivity contribution in [3.8, 4) is 0 Å². The van der Waals surface area contributed by atoms with Gasteiger partial charge in [0.25, 0.3) is 0 Å². The number of fused-ring (bicyclic) bond motifs is 1. The maximum absolute atomic E-state index is 12.3. The zero-order valence-corrected chi connectivity index (χ0v) is 12.0. The van der Waals surface area contributed by atoms with E-state index in [9.17, 15) is 4.21 Å². The van der Waals surface area contributed by atoms with Crippen LogP contribution in [0.5, 0.6) is 0 Å². The van der Waals surface area contributed by atoms with Crippen LogP contribution in [0.15, 0.2) is 72.8 Å². The summed E-state index contributed by atoms with van der Waals surface area (Å²) in [7, 11) is -0.878. The molecule has 2 heteroatoms. The SMILES string of the molecule is O=S(Cc1ccccc1)Cc1cccc2ccccc12. The van der Waals surface area contributed by atoms with Gasteiger partial charge in [0.1, 0.15) is 0 Å². The minimum Gasteiger partial charge on any atom is -0.259 e. The second kappa shape index (κ2) is 6.02. The molecule has 0 aliphatic carbocycles. The highest BCUT2D eigenvalue weighted by atomic mass is 32.2. The highest BCUT2D eigenvalue weighted by Crippen LogP contribution is 2.20. The molecule has 0 saturated carbocycles. The predicted octanol–water partition coefficient (Wildman–Crippen LogP) is 4.29. The van der Waals surface area contributed by atoms with Crippen LogP contribution in [0, 0.1) is 0 Å². The first-order valence-electron chi connectivity index (χ1n) is 6.68. The Morgan fingerprint density at radius 1 is 0.700 bits per heavy atom. The van der Waals surface area contributed by atoms with E-state index >= 15 is 0 Å². The van der Waals surface area contributed by atoms with Gasteiger partial charge in [-0.2, -0.15) is 0 Å². The van der Waals surface area contributed by atoms with Crippen molar-refractivity contribution in [1.82, 2.24) is 0 Å². The number of benzene rings is 3. The van der Waals surface area contributed by atoms with Crippen molar-refractivity contribution in [1.29, 1.82) is 0 Å². The lowest BCUT2D eigenvalue weighted by atomic mass is 10.1. The molecule has 0 bridgehead atoms. The van der Waals surface area contributed by atoms with Crippen LogP contribution in [0.1, 0.15) is 11.1 Å². The third kappa shape index (κ3) is 2.97. The molecule has 0 aromatic heterocycles. The second-order valence-corrected chi connectivity index (χ2v) is 6.31. The zero-order chi connectivity index (χ0) is 13.8. The van der Waals surface area contributed by atoms with Gasteiger partial charge in [-0.15, -0.1) is 0 Å². The molecule has 0 aliphatic rings. The van der Waals surface area contributed by atoms with E-state index in [0.29, 0.717) is 11.5 Å².